The molecule has 0 radical (unpaired) electrons. The second-order valence-electron chi connectivity index (χ2n) is 12.6. The van der Waals surface area contributed by atoms with E-state index in [-0.39, 0.29) is 30.3 Å². The molecule has 4 fully saturated rings. The normalized spacial score (nSPS) is 22.9. The van der Waals surface area contributed by atoms with Gasteiger partial charge >= 0.3 is 0 Å². The van der Waals surface area contributed by atoms with Crippen molar-refractivity contribution >= 4 is 21.5 Å². The fraction of sp³-hybridized carbons (Fsp3) is 0.333. The van der Waals surface area contributed by atoms with Gasteiger partial charge in [0.05, 0.1) is 26.4 Å². The number of hydrogen-bond donors (Lipinski definition) is 0. The van der Waals surface area contributed by atoms with Crippen LogP contribution >= 0.6 is 0 Å². The lowest BCUT2D eigenvalue weighted by molar-refractivity contribution is 0.258. The maximum absolute atomic E-state index is 6.61. The van der Waals surface area contributed by atoms with E-state index in [9.17, 15) is 0 Å². The molecule has 4 aliphatic heterocycles. The van der Waals surface area contributed by atoms with Crippen LogP contribution in [0.3, 0.4) is 0 Å². The van der Waals surface area contributed by atoms with E-state index in [2.05, 4.69) is 72.8 Å². The van der Waals surface area contributed by atoms with Crippen LogP contribution in [0.5, 0.6) is 23.0 Å². The zero-order valence-corrected chi connectivity index (χ0v) is 26.0. The summed E-state index contributed by atoms with van der Waals surface area (Å²) in [6, 6.07) is 31.6. The number of ether oxygens (including phenoxy) is 8. The molecule has 0 N–H and O–H groups in total. The number of epoxide rings is 4. The van der Waals surface area contributed by atoms with Crippen LogP contribution in [-0.4, -0.2) is 77.3 Å². The van der Waals surface area contributed by atoms with Crippen molar-refractivity contribution < 1.29 is 37.9 Å². The van der Waals surface area contributed by atoms with E-state index in [1.54, 1.807) is 0 Å². The second kappa shape index (κ2) is 12.4. The summed E-state index contributed by atoms with van der Waals surface area (Å²) in [4.78, 5) is 0. The van der Waals surface area contributed by atoms with Gasteiger partial charge in [0, 0.05) is 17.0 Å². The standard InChI is InChI=1S/C39H36O8/c1-2-4-26(5-3-1)37(38-33-14-27(40-16-29-18-42-29)10-6-24(33)8-12-35(38)46-22-31-20-44-31)39-34-15-28(41-17-30-19-43-30)11-7-25(34)9-13-36(39)47-23-32-21-45-32/h1-15,29-32,37H,16-23H2. The zero-order chi connectivity index (χ0) is 31.2. The van der Waals surface area contributed by atoms with Gasteiger partial charge in [0.2, 0.25) is 0 Å². The van der Waals surface area contributed by atoms with E-state index >= 15 is 0 Å². The molecule has 240 valence electrons. The average molecular weight is 633 g/mol. The largest absolute Gasteiger partial charge is 0.491 e. The van der Waals surface area contributed by atoms with Crippen molar-refractivity contribution in [2.45, 2.75) is 30.3 Å². The highest BCUT2D eigenvalue weighted by molar-refractivity contribution is 5.95. The first-order valence-electron chi connectivity index (χ1n) is 16.4. The molecule has 5 aromatic rings. The van der Waals surface area contributed by atoms with Crippen molar-refractivity contribution in [3.05, 3.63) is 108 Å². The van der Waals surface area contributed by atoms with Crippen molar-refractivity contribution in [2.75, 3.05) is 52.9 Å². The number of benzene rings is 5. The quantitative estimate of drug-likeness (QED) is 0.0985. The molecule has 4 atom stereocenters. The summed E-state index contributed by atoms with van der Waals surface area (Å²) in [7, 11) is 0. The maximum atomic E-state index is 6.61. The molecule has 8 nitrogen and oxygen atoms in total. The third kappa shape index (κ3) is 6.60. The summed E-state index contributed by atoms with van der Waals surface area (Å²) in [5.74, 6) is 2.93. The van der Waals surface area contributed by atoms with E-state index in [1.165, 1.54) is 0 Å². The lowest BCUT2D eigenvalue weighted by Crippen LogP contribution is -2.13. The molecule has 0 aromatic heterocycles. The van der Waals surface area contributed by atoms with Crippen LogP contribution in [0.15, 0.2) is 91.0 Å². The minimum atomic E-state index is -0.266. The molecule has 0 amide bonds. The minimum Gasteiger partial charge on any atom is -0.491 e. The van der Waals surface area contributed by atoms with Gasteiger partial charge in [-0.05, 0) is 63.5 Å². The van der Waals surface area contributed by atoms with Gasteiger partial charge in [-0.1, -0.05) is 54.6 Å². The van der Waals surface area contributed by atoms with E-state index in [4.69, 9.17) is 37.9 Å². The molecular formula is C39H36O8. The molecule has 0 spiro atoms. The Morgan fingerprint density at radius 2 is 0.894 bits per heavy atom. The van der Waals surface area contributed by atoms with Crippen LogP contribution in [-0.2, 0) is 18.9 Å². The fourth-order valence-electron chi connectivity index (χ4n) is 6.15. The molecule has 4 heterocycles. The summed E-state index contributed by atoms with van der Waals surface area (Å²) in [6.45, 7) is 4.92. The Hall–Kier alpha value is -4.34. The molecule has 5 aromatic carbocycles. The first-order valence-corrected chi connectivity index (χ1v) is 16.4. The third-order valence-electron chi connectivity index (χ3n) is 9.03. The highest BCUT2D eigenvalue weighted by Gasteiger charge is 2.32. The van der Waals surface area contributed by atoms with Crippen molar-refractivity contribution in [1.82, 2.24) is 0 Å². The third-order valence-corrected chi connectivity index (χ3v) is 9.03. The Balaban J connectivity index is 1.26. The molecule has 0 saturated carbocycles. The summed E-state index contributed by atoms with van der Waals surface area (Å²) in [5, 5.41) is 4.28. The molecular weight excluding hydrogens is 596 g/mol. The van der Waals surface area contributed by atoms with Gasteiger partial charge in [0.1, 0.15) is 73.8 Å². The van der Waals surface area contributed by atoms with Crippen molar-refractivity contribution in [2.24, 2.45) is 0 Å². The van der Waals surface area contributed by atoms with Crippen LogP contribution in [0.1, 0.15) is 22.6 Å². The minimum absolute atomic E-state index is 0.104. The molecule has 4 unspecified atom stereocenters. The summed E-state index contributed by atoms with van der Waals surface area (Å²) >= 11 is 0. The van der Waals surface area contributed by atoms with Crippen LogP contribution in [0, 0.1) is 0 Å². The zero-order valence-electron chi connectivity index (χ0n) is 26.0. The maximum Gasteiger partial charge on any atom is 0.124 e. The smallest absolute Gasteiger partial charge is 0.124 e. The first-order chi connectivity index (χ1) is 23.2. The summed E-state index contributed by atoms with van der Waals surface area (Å²) in [6.07, 6.45) is 0.521. The van der Waals surface area contributed by atoms with E-state index in [1.807, 2.05) is 18.2 Å². The van der Waals surface area contributed by atoms with Crippen LogP contribution < -0.4 is 18.9 Å². The monoisotopic (exact) mass is 632 g/mol. The van der Waals surface area contributed by atoms with E-state index < -0.39 is 0 Å². The van der Waals surface area contributed by atoms with E-state index in [0.29, 0.717) is 39.6 Å². The van der Waals surface area contributed by atoms with Gasteiger partial charge in [0.15, 0.2) is 0 Å². The van der Waals surface area contributed by atoms with Crippen molar-refractivity contribution in [3.8, 4) is 23.0 Å². The molecule has 0 aliphatic carbocycles. The van der Waals surface area contributed by atoms with Gasteiger partial charge in [-0.15, -0.1) is 0 Å². The molecule has 4 aliphatic rings. The Labute approximate surface area is 273 Å². The number of rotatable bonds is 15. The van der Waals surface area contributed by atoms with Crippen molar-refractivity contribution in [1.29, 1.82) is 0 Å². The molecule has 4 saturated heterocycles. The van der Waals surface area contributed by atoms with Crippen LogP contribution in [0.25, 0.3) is 21.5 Å². The molecule has 9 rings (SSSR count). The van der Waals surface area contributed by atoms with Crippen molar-refractivity contribution in [3.63, 3.8) is 0 Å². The molecule has 0 bridgehead atoms. The highest BCUT2D eigenvalue weighted by Crippen LogP contribution is 2.48. The predicted octanol–water partition coefficient (Wildman–Crippen LogP) is 6.28. The highest BCUT2D eigenvalue weighted by atomic mass is 16.6. The fourth-order valence-corrected chi connectivity index (χ4v) is 6.15. The lowest BCUT2D eigenvalue weighted by Gasteiger charge is -2.27. The van der Waals surface area contributed by atoms with Gasteiger partial charge in [0.25, 0.3) is 0 Å². The lowest BCUT2D eigenvalue weighted by atomic mass is 9.79. The summed E-state index contributed by atoms with van der Waals surface area (Å²) < 4.78 is 47.6. The Morgan fingerprint density at radius 3 is 1.32 bits per heavy atom. The van der Waals surface area contributed by atoms with Gasteiger partial charge in [-0.3, -0.25) is 0 Å². The number of fused-ring (bicyclic) bond motifs is 2. The topological polar surface area (TPSA) is 87.0 Å². The first kappa shape index (κ1) is 28.8. The molecule has 8 heteroatoms. The Kier molecular flexibility index (Phi) is 7.58. The van der Waals surface area contributed by atoms with Gasteiger partial charge < -0.3 is 37.9 Å². The average Bonchev–Trinajstić information content (AvgIpc) is 3.93. The summed E-state index contributed by atoms with van der Waals surface area (Å²) in [5.41, 5.74) is 3.20. The number of hydrogen-bond acceptors (Lipinski definition) is 8. The SMILES string of the molecule is c1ccc(C(c2c(OCC3CO3)ccc3ccc(OCC4CO4)cc23)c2c(OCC3CO3)ccc3ccc(OCC4CO4)cc23)cc1. The van der Waals surface area contributed by atoms with Gasteiger partial charge in [-0.2, -0.15) is 0 Å². The predicted molar refractivity (Wildman–Crippen MR) is 176 cm³/mol. The van der Waals surface area contributed by atoms with Gasteiger partial charge in [-0.25, -0.2) is 0 Å². The van der Waals surface area contributed by atoms with Crippen LogP contribution in [0.4, 0.5) is 0 Å². The molecule has 47 heavy (non-hydrogen) atoms. The Bertz CT molecular complexity index is 1760. The Morgan fingerprint density at radius 1 is 0.489 bits per heavy atom. The second-order valence-corrected chi connectivity index (χ2v) is 12.6. The van der Waals surface area contributed by atoms with E-state index in [0.717, 1.165) is 74.4 Å². The van der Waals surface area contributed by atoms with Crippen LogP contribution in [0.2, 0.25) is 0 Å².